The largest absolute Gasteiger partial charge is 0.337 e. The molecule has 140 valence electrons. The summed E-state index contributed by atoms with van der Waals surface area (Å²) in [4.78, 5) is 29.3. The van der Waals surface area contributed by atoms with Crippen LogP contribution < -0.4 is 0 Å². The van der Waals surface area contributed by atoms with E-state index in [9.17, 15) is 9.59 Å². The normalized spacial score (nSPS) is 10.1. The molecule has 0 unspecified atom stereocenters. The zero-order valence-corrected chi connectivity index (χ0v) is 17.1. The van der Waals surface area contributed by atoms with Crippen LogP contribution in [-0.4, -0.2) is 58.5 Å². The molecule has 2 aromatic carbocycles. The second kappa shape index (κ2) is 10.0. The van der Waals surface area contributed by atoms with Gasteiger partial charge in [-0.25, -0.2) is 0 Å². The lowest BCUT2D eigenvalue weighted by Gasteiger charge is -2.20. The van der Waals surface area contributed by atoms with Crippen LogP contribution in [0.5, 0.6) is 0 Å². The van der Waals surface area contributed by atoms with E-state index in [-0.39, 0.29) is 11.8 Å². The Balaban J connectivity index is 1.83. The van der Waals surface area contributed by atoms with Crippen molar-refractivity contribution in [2.75, 3.05) is 27.2 Å². The Morgan fingerprint density at radius 3 is 1.37 bits per heavy atom. The van der Waals surface area contributed by atoms with Crippen LogP contribution >= 0.6 is 24.4 Å². The van der Waals surface area contributed by atoms with Crippen LogP contribution in [-0.2, 0) is 0 Å². The molecule has 0 saturated heterocycles. The van der Waals surface area contributed by atoms with Gasteiger partial charge in [-0.15, -0.1) is 0 Å². The maximum Gasteiger partial charge on any atom is 0.253 e. The third-order valence-electron chi connectivity index (χ3n) is 3.96. The maximum absolute atomic E-state index is 12.4. The summed E-state index contributed by atoms with van der Waals surface area (Å²) in [6.45, 7) is 0.694. The second-order valence-electron chi connectivity index (χ2n) is 6.31. The molecule has 0 aromatic heterocycles. The molecule has 6 heteroatoms. The van der Waals surface area contributed by atoms with Crippen LogP contribution in [0, 0.1) is 0 Å². The number of amides is 2. The van der Waals surface area contributed by atoms with E-state index in [1.807, 2.05) is 36.4 Å². The molecule has 0 saturated carbocycles. The van der Waals surface area contributed by atoms with Crippen molar-refractivity contribution in [1.29, 1.82) is 0 Å². The molecule has 0 fully saturated rings. The fraction of sp³-hybridized carbons (Fsp3) is 0.238. The maximum atomic E-state index is 12.4. The topological polar surface area (TPSA) is 40.6 Å². The highest BCUT2D eigenvalue weighted by molar-refractivity contribution is 7.82. The van der Waals surface area contributed by atoms with Crippen molar-refractivity contribution in [1.82, 2.24) is 9.80 Å². The SMILES string of the molecule is CN(CC(=S)CC(=S)CN(C)C(=O)c1ccccc1)C(=O)c1ccccc1. The van der Waals surface area contributed by atoms with Gasteiger partial charge in [0, 0.05) is 41.4 Å². The van der Waals surface area contributed by atoms with E-state index in [0.717, 1.165) is 0 Å². The van der Waals surface area contributed by atoms with E-state index in [0.29, 0.717) is 40.4 Å². The number of benzene rings is 2. The standard InChI is InChI=1S/C21H22N2O2S2/c1-22(20(24)16-9-5-3-6-10-16)14-18(26)13-19(27)15-23(2)21(25)17-11-7-4-8-12-17/h3-12H,13-15H2,1-2H3. The molecule has 0 atom stereocenters. The lowest BCUT2D eigenvalue weighted by Crippen LogP contribution is -2.35. The van der Waals surface area contributed by atoms with Gasteiger partial charge in [-0.3, -0.25) is 9.59 Å². The minimum absolute atomic E-state index is 0.0831. The van der Waals surface area contributed by atoms with Crippen molar-refractivity contribution in [3.63, 3.8) is 0 Å². The zero-order chi connectivity index (χ0) is 19.8. The van der Waals surface area contributed by atoms with E-state index < -0.39 is 0 Å². The molecule has 2 amide bonds. The summed E-state index contributed by atoms with van der Waals surface area (Å²) >= 11 is 10.8. The fourth-order valence-corrected chi connectivity index (χ4v) is 3.43. The van der Waals surface area contributed by atoms with Crippen LogP contribution in [0.4, 0.5) is 0 Å². The first kappa shape index (κ1) is 20.9. The third kappa shape index (κ3) is 6.34. The summed E-state index contributed by atoms with van der Waals surface area (Å²) in [6, 6.07) is 18.1. The molecule has 27 heavy (non-hydrogen) atoms. The minimum Gasteiger partial charge on any atom is -0.337 e. The van der Waals surface area contributed by atoms with Gasteiger partial charge in [0.2, 0.25) is 0 Å². The van der Waals surface area contributed by atoms with E-state index >= 15 is 0 Å². The van der Waals surface area contributed by atoms with Gasteiger partial charge in [-0.1, -0.05) is 60.8 Å². The first-order chi connectivity index (χ1) is 12.9. The molecule has 0 aliphatic carbocycles. The molecule has 2 rings (SSSR count). The Labute approximate surface area is 170 Å². The average Bonchev–Trinajstić information content (AvgIpc) is 2.67. The van der Waals surface area contributed by atoms with E-state index in [1.54, 1.807) is 48.2 Å². The van der Waals surface area contributed by atoms with Crippen molar-refractivity contribution in [2.24, 2.45) is 0 Å². The predicted molar refractivity (Wildman–Crippen MR) is 117 cm³/mol. The Kier molecular flexibility index (Phi) is 7.76. The first-order valence-electron chi connectivity index (χ1n) is 8.53. The van der Waals surface area contributed by atoms with Gasteiger partial charge < -0.3 is 9.80 Å². The summed E-state index contributed by atoms with van der Waals surface area (Å²) in [6.07, 6.45) is 0.420. The number of hydrogen-bond donors (Lipinski definition) is 0. The van der Waals surface area contributed by atoms with Crippen LogP contribution in [0.25, 0.3) is 0 Å². The van der Waals surface area contributed by atoms with E-state index in [1.165, 1.54) is 0 Å². The minimum atomic E-state index is -0.0831. The molecule has 4 nitrogen and oxygen atoms in total. The molecule has 0 radical (unpaired) electrons. The van der Waals surface area contributed by atoms with Crippen molar-refractivity contribution >= 4 is 46.0 Å². The average molecular weight is 399 g/mol. The quantitative estimate of drug-likeness (QED) is 0.637. The molecular formula is C21H22N2O2S2. The van der Waals surface area contributed by atoms with Gasteiger partial charge in [0.05, 0.1) is 13.1 Å². The molecule has 0 aliphatic heterocycles. The summed E-state index contributed by atoms with van der Waals surface area (Å²) < 4.78 is 0. The van der Waals surface area contributed by atoms with Crippen LogP contribution in [0.1, 0.15) is 27.1 Å². The number of thiocarbonyl (C=S) groups is 2. The van der Waals surface area contributed by atoms with Gasteiger partial charge >= 0.3 is 0 Å². The van der Waals surface area contributed by atoms with Gasteiger partial charge in [0.25, 0.3) is 11.8 Å². The Hall–Kier alpha value is -2.44. The highest BCUT2D eigenvalue weighted by Crippen LogP contribution is 2.07. The smallest absolute Gasteiger partial charge is 0.253 e. The zero-order valence-electron chi connectivity index (χ0n) is 15.4. The number of rotatable bonds is 8. The van der Waals surface area contributed by atoms with Crippen molar-refractivity contribution in [2.45, 2.75) is 6.42 Å². The summed E-state index contributed by atoms with van der Waals surface area (Å²) in [5.41, 5.74) is 1.25. The lowest BCUT2D eigenvalue weighted by molar-refractivity contribution is 0.0809. The van der Waals surface area contributed by atoms with Crippen molar-refractivity contribution in [3.8, 4) is 0 Å². The summed E-state index contributed by atoms with van der Waals surface area (Å²) in [5, 5.41) is 0. The molecular weight excluding hydrogens is 376 g/mol. The lowest BCUT2D eigenvalue weighted by atomic mass is 10.1. The van der Waals surface area contributed by atoms with Crippen LogP contribution in [0.3, 0.4) is 0 Å². The molecule has 0 heterocycles. The fourth-order valence-electron chi connectivity index (χ4n) is 2.61. The highest BCUT2D eigenvalue weighted by atomic mass is 32.1. The van der Waals surface area contributed by atoms with Gasteiger partial charge in [-0.2, -0.15) is 0 Å². The van der Waals surface area contributed by atoms with Crippen LogP contribution in [0.15, 0.2) is 60.7 Å². The Morgan fingerprint density at radius 2 is 1.04 bits per heavy atom. The molecule has 2 aromatic rings. The van der Waals surface area contributed by atoms with Gasteiger partial charge in [0.15, 0.2) is 0 Å². The first-order valence-corrected chi connectivity index (χ1v) is 9.34. The van der Waals surface area contributed by atoms with Gasteiger partial charge in [0.1, 0.15) is 0 Å². The van der Waals surface area contributed by atoms with E-state index in [4.69, 9.17) is 24.4 Å². The Morgan fingerprint density at radius 1 is 0.704 bits per heavy atom. The summed E-state index contributed by atoms with van der Waals surface area (Å²) in [7, 11) is 3.44. The van der Waals surface area contributed by atoms with E-state index in [2.05, 4.69) is 0 Å². The monoisotopic (exact) mass is 398 g/mol. The molecule has 0 N–H and O–H groups in total. The second-order valence-corrected chi connectivity index (χ2v) is 7.46. The number of hydrogen-bond acceptors (Lipinski definition) is 4. The molecule has 0 bridgehead atoms. The number of nitrogens with zero attached hydrogens (tertiary/aromatic N) is 2. The van der Waals surface area contributed by atoms with Crippen molar-refractivity contribution in [3.05, 3.63) is 71.8 Å². The number of carbonyl (C=O) groups is 2. The van der Waals surface area contributed by atoms with Crippen LogP contribution in [0.2, 0.25) is 0 Å². The predicted octanol–water partition coefficient (Wildman–Crippen LogP) is 3.66. The Bertz CT molecular complexity index is 753. The van der Waals surface area contributed by atoms with Crippen molar-refractivity contribution < 1.29 is 9.59 Å². The molecule has 0 aliphatic rings. The highest BCUT2D eigenvalue weighted by Gasteiger charge is 2.16. The molecule has 0 spiro atoms. The van der Waals surface area contributed by atoms with Gasteiger partial charge in [-0.05, 0) is 24.3 Å². The third-order valence-corrected chi connectivity index (χ3v) is 4.50. The summed E-state index contributed by atoms with van der Waals surface area (Å²) in [5.74, 6) is -0.166. The number of carbonyl (C=O) groups excluding carboxylic acids is 2.